The highest BCUT2D eigenvalue weighted by Gasteiger charge is 2.29. The maximum atomic E-state index is 5.80. The summed E-state index contributed by atoms with van der Waals surface area (Å²) in [6.07, 6.45) is 4.33. The molecule has 0 aliphatic carbocycles. The third-order valence-electron chi connectivity index (χ3n) is 4.31. The Labute approximate surface area is 169 Å². The summed E-state index contributed by atoms with van der Waals surface area (Å²) in [5.41, 5.74) is 1.23. The van der Waals surface area contributed by atoms with Gasteiger partial charge in [0.25, 0.3) is 0 Å². The lowest BCUT2D eigenvalue weighted by Gasteiger charge is -2.21. The lowest BCUT2D eigenvalue weighted by Crippen LogP contribution is -2.39. The number of guanidine groups is 1. The third-order valence-corrected chi connectivity index (χ3v) is 4.31. The molecule has 0 spiro atoms. The molecule has 0 amide bonds. The zero-order valence-corrected chi connectivity index (χ0v) is 18.0. The average molecular weight is 461 g/mol. The van der Waals surface area contributed by atoms with Crippen LogP contribution in [0, 0.1) is 0 Å². The molecule has 1 saturated heterocycles. The minimum Gasteiger partial charge on any atom is -0.497 e. The number of hydrogen-bond donors (Lipinski definition) is 2. The van der Waals surface area contributed by atoms with Crippen LogP contribution in [0.4, 0.5) is 0 Å². The quantitative estimate of drug-likeness (QED) is 0.270. The monoisotopic (exact) mass is 461 g/mol. The van der Waals surface area contributed by atoms with Crippen molar-refractivity contribution < 1.29 is 9.47 Å². The van der Waals surface area contributed by atoms with Gasteiger partial charge in [0.1, 0.15) is 5.75 Å². The molecular formula is C19H32IN3O2. The molecule has 1 aromatic carbocycles. The van der Waals surface area contributed by atoms with Crippen LogP contribution in [-0.2, 0) is 11.2 Å². The Hall–Kier alpha value is -1.02. The highest BCUT2D eigenvalue weighted by molar-refractivity contribution is 14.0. The van der Waals surface area contributed by atoms with Crippen molar-refractivity contribution in [3.05, 3.63) is 29.8 Å². The van der Waals surface area contributed by atoms with Gasteiger partial charge in [-0.25, -0.2) is 0 Å². The molecule has 1 aliphatic rings. The smallest absolute Gasteiger partial charge is 0.191 e. The molecule has 0 bridgehead atoms. The van der Waals surface area contributed by atoms with Gasteiger partial charge in [-0.15, -0.1) is 24.0 Å². The number of halogens is 1. The first kappa shape index (κ1) is 22.0. The fraction of sp³-hybridized carbons (Fsp3) is 0.632. The molecule has 1 unspecified atom stereocenters. The number of hydrogen-bond acceptors (Lipinski definition) is 3. The van der Waals surface area contributed by atoms with Crippen LogP contribution in [0.5, 0.6) is 5.75 Å². The van der Waals surface area contributed by atoms with Gasteiger partial charge >= 0.3 is 0 Å². The second kappa shape index (κ2) is 11.6. The zero-order valence-electron chi connectivity index (χ0n) is 15.6. The molecule has 0 radical (unpaired) electrons. The SMILES string of the molecule is CCNC(=NCC1(C)CCCO1)NCCCc1ccc(OC)cc1.I. The second-order valence-corrected chi connectivity index (χ2v) is 6.48. The lowest BCUT2D eigenvalue weighted by molar-refractivity contribution is 0.0283. The maximum Gasteiger partial charge on any atom is 0.191 e. The number of rotatable bonds is 8. The van der Waals surface area contributed by atoms with Gasteiger partial charge < -0.3 is 20.1 Å². The van der Waals surface area contributed by atoms with Crippen molar-refractivity contribution in [3.63, 3.8) is 0 Å². The largest absolute Gasteiger partial charge is 0.497 e. The highest BCUT2D eigenvalue weighted by Crippen LogP contribution is 2.24. The summed E-state index contributed by atoms with van der Waals surface area (Å²) in [6.45, 7) is 7.56. The first-order valence-corrected chi connectivity index (χ1v) is 8.94. The first-order valence-electron chi connectivity index (χ1n) is 8.94. The summed E-state index contributed by atoms with van der Waals surface area (Å²) in [6, 6.07) is 8.26. The predicted molar refractivity (Wildman–Crippen MR) is 114 cm³/mol. The molecule has 5 nitrogen and oxygen atoms in total. The van der Waals surface area contributed by atoms with Gasteiger partial charge in [0.2, 0.25) is 0 Å². The molecule has 2 N–H and O–H groups in total. The Morgan fingerprint density at radius 3 is 2.64 bits per heavy atom. The number of ether oxygens (including phenoxy) is 2. The molecule has 0 aromatic heterocycles. The lowest BCUT2D eigenvalue weighted by atomic mass is 10.0. The van der Waals surface area contributed by atoms with Crippen LogP contribution < -0.4 is 15.4 Å². The highest BCUT2D eigenvalue weighted by atomic mass is 127. The third kappa shape index (κ3) is 7.81. The summed E-state index contributed by atoms with van der Waals surface area (Å²) in [5.74, 6) is 1.78. The van der Waals surface area contributed by atoms with E-state index in [0.717, 1.165) is 57.1 Å². The van der Waals surface area contributed by atoms with Gasteiger partial charge in [0.05, 0.1) is 19.3 Å². The molecule has 2 rings (SSSR count). The van der Waals surface area contributed by atoms with E-state index in [4.69, 9.17) is 9.47 Å². The molecule has 1 heterocycles. The van der Waals surface area contributed by atoms with Gasteiger partial charge in [-0.2, -0.15) is 0 Å². The van der Waals surface area contributed by atoms with Crippen molar-refractivity contribution in [1.29, 1.82) is 0 Å². The Morgan fingerprint density at radius 2 is 2.04 bits per heavy atom. The summed E-state index contributed by atoms with van der Waals surface area (Å²) in [7, 11) is 1.69. The number of aryl methyl sites for hydroxylation is 1. The van der Waals surface area contributed by atoms with E-state index in [-0.39, 0.29) is 29.6 Å². The average Bonchev–Trinajstić information content (AvgIpc) is 3.04. The van der Waals surface area contributed by atoms with Gasteiger partial charge in [-0.05, 0) is 57.2 Å². The van der Waals surface area contributed by atoms with Crippen LogP contribution >= 0.6 is 24.0 Å². The van der Waals surface area contributed by atoms with Gasteiger partial charge in [-0.1, -0.05) is 12.1 Å². The fourth-order valence-corrected chi connectivity index (χ4v) is 2.84. The van der Waals surface area contributed by atoms with Crippen molar-refractivity contribution in [3.8, 4) is 5.75 Å². The summed E-state index contributed by atoms with van der Waals surface area (Å²) >= 11 is 0. The summed E-state index contributed by atoms with van der Waals surface area (Å²) < 4.78 is 11.0. The fourth-order valence-electron chi connectivity index (χ4n) is 2.84. The Bertz CT molecular complexity index is 514. The van der Waals surface area contributed by atoms with Crippen molar-refractivity contribution in [2.45, 2.75) is 45.1 Å². The molecular weight excluding hydrogens is 429 g/mol. The van der Waals surface area contributed by atoms with E-state index in [9.17, 15) is 0 Å². The number of methoxy groups -OCH3 is 1. The molecule has 1 aromatic rings. The second-order valence-electron chi connectivity index (χ2n) is 6.48. The standard InChI is InChI=1S/C19H31N3O2.HI/c1-4-20-18(22-15-19(2)12-6-14-24-19)21-13-5-7-16-8-10-17(23-3)11-9-16;/h8-11H,4-7,12-15H2,1-3H3,(H2,20,21,22);1H. The van der Waals surface area contributed by atoms with Crippen LogP contribution in [0.3, 0.4) is 0 Å². The van der Waals surface area contributed by atoms with Crippen LogP contribution in [0.1, 0.15) is 38.7 Å². The van der Waals surface area contributed by atoms with E-state index in [2.05, 4.69) is 41.6 Å². The van der Waals surface area contributed by atoms with Gasteiger partial charge in [0, 0.05) is 19.7 Å². The van der Waals surface area contributed by atoms with E-state index in [1.54, 1.807) is 7.11 Å². The molecule has 25 heavy (non-hydrogen) atoms. The Balaban J connectivity index is 0.00000312. The summed E-state index contributed by atoms with van der Waals surface area (Å²) in [4.78, 5) is 4.69. The molecule has 6 heteroatoms. The molecule has 142 valence electrons. The van der Waals surface area contributed by atoms with Gasteiger partial charge in [-0.3, -0.25) is 4.99 Å². The Morgan fingerprint density at radius 1 is 1.28 bits per heavy atom. The first-order chi connectivity index (χ1) is 11.6. The molecule has 1 atom stereocenters. The molecule has 1 aliphatic heterocycles. The van der Waals surface area contributed by atoms with Crippen molar-refractivity contribution >= 4 is 29.9 Å². The zero-order chi connectivity index (χ0) is 17.3. The number of benzene rings is 1. The van der Waals surface area contributed by atoms with Crippen LogP contribution in [0.25, 0.3) is 0 Å². The predicted octanol–water partition coefficient (Wildman–Crippen LogP) is 3.37. The van der Waals surface area contributed by atoms with Crippen LogP contribution in [0.15, 0.2) is 29.3 Å². The topological polar surface area (TPSA) is 54.9 Å². The Kier molecular flexibility index (Phi) is 10.2. The van der Waals surface area contributed by atoms with Gasteiger partial charge in [0.15, 0.2) is 5.96 Å². The normalized spacial score (nSPS) is 20.0. The van der Waals surface area contributed by atoms with E-state index in [1.807, 2.05) is 12.1 Å². The van der Waals surface area contributed by atoms with E-state index < -0.39 is 0 Å². The van der Waals surface area contributed by atoms with Crippen LogP contribution in [-0.4, -0.2) is 44.9 Å². The van der Waals surface area contributed by atoms with E-state index in [1.165, 1.54) is 5.56 Å². The maximum absolute atomic E-state index is 5.80. The minimum atomic E-state index is -0.0918. The number of aliphatic imine (C=N–C) groups is 1. The molecule has 1 fully saturated rings. The number of nitrogens with zero attached hydrogens (tertiary/aromatic N) is 1. The summed E-state index contributed by atoms with van der Waals surface area (Å²) in [5, 5.41) is 6.72. The van der Waals surface area contributed by atoms with Crippen molar-refractivity contribution in [2.75, 3.05) is 33.4 Å². The van der Waals surface area contributed by atoms with Crippen molar-refractivity contribution in [2.24, 2.45) is 4.99 Å². The number of nitrogens with one attached hydrogen (secondary N) is 2. The molecule has 0 saturated carbocycles. The van der Waals surface area contributed by atoms with Crippen LogP contribution in [0.2, 0.25) is 0 Å². The van der Waals surface area contributed by atoms with E-state index in [0.29, 0.717) is 6.54 Å². The van der Waals surface area contributed by atoms with E-state index >= 15 is 0 Å². The van der Waals surface area contributed by atoms with Crippen molar-refractivity contribution in [1.82, 2.24) is 10.6 Å². The minimum absolute atomic E-state index is 0.